The predicted molar refractivity (Wildman–Crippen MR) is 55.6 cm³/mol. The lowest BCUT2D eigenvalue weighted by Gasteiger charge is -2.17. The number of nitrogens with one attached hydrogen (secondary N) is 1. The molecule has 1 N–H and O–H groups in total. The van der Waals surface area contributed by atoms with E-state index in [0.29, 0.717) is 17.0 Å². The molecule has 0 spiro atoms. The van der Waals surface area contributed by atoms with E-state index >= 15 is 0 Å². The lowest BCUT2D eigenvalue weighted by Crippen LogP contribution is -2.20. The van der Waals surface area contributed by atoms with E-state index in [0.717, 1.165) is 18.9 Å². The van der Waals surface area contributed by atoms with Crippen molar-refractivity contribution in [2.45, 2.75) is 25.8 Å². The van der Waals surface area contributed by atoms with Crippen molar-refractivity contribution in [3.63, 3.8) is 0 Å². The number of hydrogen-bond donors (Lipinski definition) is 1. The van der Waals surface area contributed by atoms with Crippen molar-refractivity contribution in [3.8, 4) is 0 Å². The van der Waals surface area contributed by atoms with Crippen LogP contribution in [0.3, 0.4) is 0 Å². The molecular formula is C12H15F2N. The molecule has 1 nitrogen and oxygen atoms in total. The Morgan fingerprint density at radius 2 is 1.93 bits per heavy atom. The van der Waals surface area contributed by atoms with Crippen LogP contribution in [-0.4, -0.2) is 7.05 Å². The summed E-state index contributed by atoms with van der Waals surface area (Å²) in [7, 11) is 1.82. The highest BCUT2D eigenvalue weighted by molar-refractivity contribution is 5.29. The van der Waals surface area contributed by atoms with E-state index < -0.39 is 11.6 Å². The van der Waals surface area contributed by atoms with Gasteiger partial charge in [0.15, 0.2) is 0 Å². The number of benzene rings is 1. The van der Waals surface area contributed by atoms with E-state index in [1.54, 1.807) is 13.0 Å². The molecule has 0 saturated heterocycles. The van der Waals surface area contributed by atoms with E-state index in [1.165, 1.54) is 0 Å². The van der Waals surface area contributed by atoms with Crippen LogP contribution in [0.2, 0.25) is 0 Å². The van der Waals surface area contributed by atoms with Crippen LogP contribution in [0, 0.1) is 24.5 Å². The Bertz CT molecular complexity index is 372. The molecule has 1 aliphatic carbocycles. The number of halogens is 2. The van der Waals surface area contributed by atoms with E-state index in [-0.39, 0.29) is 6.04 Å². The molecule has 1 saturated carbocycles. The minimum Gasteiger partial charge on any atom is -0.313 e. The fraction of sp³-hybridized carbons (Fsp3) is 0.500. The van der Waals surface area contributed by atoms with Crippen LogP contribution >= 0.6 is 0 Å². The zero-order chi connectivity index (χ0) is 11.0. The second-order valence-corrected chi connectivity index (χ2v) is 4.23. The summed E-state index contributed by atoms with van der Waals surface area (Å²) in [6, 6.07) is 2.63. The van der Waals surface area contributed by atoms with Gasteiger partial charge in [0.1, 0.15) is 11.6 Å². The summed E-state index contributed by atoms with van der Waals surface area (Å²) in [4.78, 5) is 0. The third-order valence-corrected chi connectivity index (χ3v) is 3.02. The summed E-state index contributed by atoms with van der Waals surface area (Å²) in [6.45, 7) is 1.66. The number of rotatable bonds is 3. The van der Waals surface area contributed by atoms with Crippen molar-refractivity contribution in [1.29, 1.82) is 0 Å². The maximum atomic E-state index is 13.6. The molecule has 1 fully saturated rings. The first-order chi connectivity index (χ1) is 7.13. The van der Waals surface area contributed by atoms with Gasteiger partial charge in [0, 0.05) is 17.7 Å². The van der Waals surface area contributed by atoms with Crippen molar-refractivity contribution in [1.82, 2.24) is 5.32 Å². The molecule has 1 unspecified atom stereocenters. The van der Waals surface area contributed by atoms with Gasteiger partial charge in [0.05, 0.1) is 0 Å². The second-order valence-electron chi connectivity index (χ2n) is 4.23. The minimum atomic E-state index is -0.470. The highest BCUT2D eigenvalue weighted by Crippen LogP contribution is 2.41. The number of hydrogen-bond acceptors (Lipinski definition) is 1. The fourth-order valence-corrected chi connectivity index (χ4v) is 1.99. The topological polar surface area (TPSA) is 12.0 Å². The van der Waals surface area contributed by atoms with Gasteiger partial charge in [0.25, 0.3) is 0 Å². The minimum absolute atomic E-state index is 0.0318. The highest BCUT2D eigenvalue weighted by Gasteiger charge is 2.33. The first kappa shape index (κ1) is 10.6. The van der Waals surface area contributed by atoms with Crippen LogP contribution in [0.4, 0.5) is 8.78 Å². The highest BCUT2D eigenvalue weighted by atomic mass is 19.1. The molecule has 82 valence electrons. The van der Waals surface area contributed by atoms with Crippen molar-refractivity contribution in [2.24, 2.45) is 5.92 Å². The third-order valence-electron chi connectivity index (χ3n) is 3.02. The monoisotopic (exact) mass is 211 g/mol. The standard InChI is InChI=1S/C12H15F2N/c1-7-5-9(11(14)6-10(7)13)12(15-2)8-3-4-8/h5-6,8,12,15H,3-4H2,1-2H3. The molecule has 0 heterocycles. The molecule has 0 aliphatic heterocycles. The average molecular weight is 211 g/mol. The van der Waals surface area contributed by atoms with Gasteiger partial charge in [-0.25, -0.2) is 8.78 Å². The maximum Gasteiger partial charge on any atom is 0.130 e. The summed E-state index contributed by atoms with van der Waals surface area (Å²) in [6.07, 6.45) is 2.25. The van der Waals surface area contributed by atoms with Crippen LogP contribution in [0.25, 0.3) is 0 Å². The molecule has 1 aromatic carbocycles. The molecule has 2 rings (SSSR count). The van der Waals surface area contributed by atoms with Crippen LogP contribution in [0.1, 0.15) is 30.0 Å². The molecule has 1 atom stereocenters. The summed E-state index contributed by atoms with van der Waals surface area (Å²) in [5.74, 6) is -0.402. The SMILES string of the molecule is CNC(c1cc(C)c(F)cc1F)C1CC1. The fourth-order valence-electron chi connectivity index (χ4n) is 1.99. The second kappa shape index (κ2) is 3.89. The van der Waals surface area contributed by atoms with Crippen LogP contribution in [0.5, 0.6) is 0 Å². The first-order valence-electron chi connectivity index (χ1n) is 5.26. The molecule has 1 aliphatic rings. The lowest BCUT2D eigenvalue weighted by molar-refractivity contribution is 0.485. The van der Waals surface area contributed by atoms with E-state index in [9.17, 15) is 8.78 Å². The zero-order valence-corrected chi connectivity index (χ0v) is 8.98. The van der Waals surface area contributed by atoms with Crippen LogP contribution in [0.15, 0.2) is 12.1 Å². The molecule has 0 radical (unpaired) electrons. The molecular weight excluding hydrogens is 196 g/mol. The molecule has 0 amide bonds. The largest absolute Gasteiger partial charge is 0.313 e. The van der Waals surface area contributed by atoms with Crippen molar-refractivity contribution < 1.29 is 8.78 Å². The van der Waals surface area contributed by atoms with Crippen LogP contribution in [-0.2, 0) is 0 Å². The van der Waals surface area contributed by atoms with Gasteiger partial charge < -0.3 is 5.32 Å². The molecule has 15 heavy (non-hydrogen) atoms. The maximum absolute atomic E-state index is 13.6. The van der Waals surface area contributed by atoms with Gasteiger partial charge >= 0.3 is 0 Å². The van der Waals surface area contributed by atoms with E-state index in [1.807, 2.05) is 7.05 Å². The van der Waals surface area contributed by atoms with Crippen molar-refractivity contribution in [3.05, 3.63) is 34.9 Å². The third kappa shape index (κ3) is 2.02. The van der Waals surface area contributed by atoms with Gasteiger partial charge in [-0.15, -0.1) is 0 Å². The smallest absolute Gasteiger partial charge is 0.130 e. The van der Waals surface area contributed by atoms with Crippen molar-refractivity contribution >= 4 is 0 Å². The van der Waals surface area contributed by atoms with Gasteiger partial charge in [-0.1, -0.05) is 0 Å². The number of aryl methyl sites for hydroxylation is 1. The first-order valence-corrected chi connectivity index (χ1v) is 5.26. The van der Waals surface area contributed by atoms with Gasteiger partial charge in [-0.05, 0) is 44.4 Å². The Balaban J connectivity index is 2.37. The Kier molecular flexibility index (Phi) is 2.74. The Labute approximate surface area is 88.5 Å². The average Bonchev–Trinajstić information content (AvgIpc) is 2.99. The zero-order valence-electron chi connectivity index (χ0n) is 8.98. The summed E-state index contributed by atoms with van der Waals surface area (Å²) < 4.78 is 26.7. The lowest BCUT2D eigenvalue weighted by atomic mass is 9.99. The van der Waals surface area contributed by atoms with Crippen molar-refractivity contribution in [2.75, 3.05) is 7.05 Å². The molecule has 0 bridgehead atoms. The van der Waals surface area contributed by atoms with Gasteiger partial charge in [0.2, 0.25) is 0 Å². The Morgan fingerprint density at radius 1 is 1.27 bits per heavy atom. The quantitative estimate of drug-likeness (QED) is 0.810. The molecule has 0 aromatic heterocycles. The van der Waals surface area contributed by atoms with Gasteiger partial charge in [-0.3, -0.25) is 0 Å². The molecule has 1 aromatic rings. The summed E-state index contributed by atoms with van der Waals surface area (Å²) in [5, 5.41) is 3.11. The predicted octanol–water partition coefficient (Wildman–Crippen LogP) is 2.94. The van der Waals surface area contributed by atoms with E-state index in [4.69, 9.17) is 0 Å². The summed E-state index contributed by atoms with van der Waals surface area (Å²) >= 11 is 0. The molecule has 3 heteroatoms. The van der Waals surface area contributed by atoms with Crippen LogP contribution < -0.4 is 5.32 Å². The van der Waals surface area contributed by atoms with E-state index in [2.05, 4.69) is 5.32 Å². The Morgan fingerprint density at radius 3 is 2.47 bits per heavy atom. The summed E-state index contributed by atoms with van der Waals surface area (Å²) in [5.41, 5.74) is 1.10. The normalized spacial score (nSPS) is 17.9. The Hall–Kier alpha value is -0.960. The van der Waals surface area contributed by atoms with Gasteiger partial charge in [-0.2, -0.15) is 0 Å².